The molecule has 17 heteroatoms. The number of sulfone groups is 1. The van der Waals surface area contributed by atoms with E-state index in [4.69, 9.17) is 29.3 Å². The molecule has 1 unspecified atom stereocenters. The van der Waals surface area contributed by atoms with Crippen molar-refractivity contribution in [2.24, 2.45) is 5.92 Å². The molecule has 0 aliphatic carbocycles. The molecule has 1 atom stereocenters. The molecule has 0 radical (unpaired) electrons. The lowest BCUT2D eigenvalue weighted by Gasteiger charge is -2.50. The maximum absolute atomic E-state index is 12.5. The highest BCUT2D eigenvalue weighted by Gasteiger charge is 2.61. The molecular formula is C19H24F6N2O8S. The first-order chi connectivity index (χ1) is 16.4. The number of carboxylic acid groups (broad SMARTS) is 2. The van der Waals surface area contributed by atoms with Crippen molar-refractivity contribution >= 4 is 21.8 Å². The fourth-order valence-electron chi connectivity index (χ4n) is 3.70. The van der Waals surface area contributed by atoms with Crippen molar-refractivity contribution < 1.29 is 64.0 Å². The molecular weight excluding hydrogens is 530 g/mol. The first kappa shape index (κ1) is 31.4. The topological polar surface area (TPSA) is 143 Å². The molecule has 1 aromatic heterocycles. The van der Waals surface area contributed by atoms with Crippen LogP contribution >= 0.6 is 0 Å². The second kappa shape index (κ2) is 12.1. The average Bonchev–Trinajstić information content (AvgIpc) is 2.99. The fraction of sp³-hybridized carbons (Fsp3) is 0.632. The fourth-order valence-corrected chi connectivity index (χ4v) is 6.15. The van der Waals surface area contributed by atoms with Crippen LogP contribution in [0.2, 0.25) is 0 Å². The smallest absolute Gasteiger partial charge is 0.481 e. The van der Waals surface area contributed by atoms with Crippen LogP contribution in [0, 0.1) is 5.92 Å². The van der Waals surface area contributed by atoms with Crippen molar-refractivity contribution in [1.82, 2.24) is 9.88 Å². The number of hydrogen-bond donors (Lipinski definition) is 2. The van der Waals surface area contributed by atoms with Gasteiger partial charge in [0.05, 0.1) is 19.5 Å². The van der Waals surface area contributed by atoms with Crippen molar-refractivity contribution in [2.75, 3.05) is 39.7 Å². The highest BCUT2D eigenvalue weighted by atomic mass is 32.2. The molecule has 206 valence electrons. The minimum Gasteiger partial charge on any atom is -0.481 e. The van der Waals surface area contributed by atoms with Crippen molar-refractivity contribution in [2.45, 2.75) is 30.1 Å². The average molecular weight is 554 g/mol. The summed E-state index contributed by atoms with van der Waals surface area (Å²) in [6, 6.07) is 3.83. The molecule has 3 heterocycles. The van der Waals surface area contributed by atoms with Crippen molar-refractivity contribution in [3.05, 3.63) is 23.9 Å². The van der Waals surface area contributed by atoms with Gasteiger partial charge in [0.2, 0.25) is 5.88 Å². The van der Waals surface area contributed by atoms with Gasteiger partial charge in [-0.2, -0.15) is 26.3 Å². The standard InChI is InChI=1S/C15H22N2O4S.2C2HF3O2/c1-20-9-13-5-7-22(18,19)15(13)10-17(11-15)8-12-4-3-6-16-14(12)21-2;2*3-2(4,5)1(6)7/h3-4,6,13H,5,7-11H2,1-2H3;2*(H,6,7). The zero-order valence-corrected chi connectivity index (χ0v) is 19.8. The van der Waals surface area contributed by atoms with Crippen molar-refractivity contribution in [3.63, 3.8) is 0 Å². The van der Waals surface area contributed by atoms with Gasteiger partial charge in [-0.3, -0.25) is 4.90 Å². The van der Waals surface area contributed by atoms with E-state index in [9.17, 15) is 34.8 Å². The molecule has 2 aliphatic rings. The number of rotatable bonds is 5. The molecule has 0 bridgehead atoms. The molecule has 0 amide bonds. The van der Waals surface area contributed by atoms with E-state index < -0.39 is 38.9 Å². The maximum atomic E-state index is 12.5. The molecule has 2 fully saturated rings. The third-order valence-corrected chi connectivity index (χ3v) is 7.97. The number of nitrogens with zero attached hydrogens (tertiary/aromatic N) is 2. The molecule has 1 aromatic rings. The number of aromatic nitrogens is 1. The maximum Gasteiger partial charge on any atom is 0.490 e. The predicted octanol–water partition coefficient (Wildman–Crippen LogP) is 1.99. The Hall–Kier alpha value is -2.66. The summed E-state index contributed by atoms with van der Waals surface area (Å²) in [4.78, 5) is 24.1. The van der Waals surface area contributed by atoms with Crippen LogP contribution in [0.25, 0.3) is 0 Å². The normalized spacial score (nSPS) is 20.3. The van der Waals surface area contributed by atoms with E-state index in [0.717, 1.165) is 5.56 Å². The van der Waals surface area contributed by atoms with Gasteiger partial charge in [-0.1, -0.05) is 6.07 Å². The summed E-state index contributed by atoms with van der Waals surface area (Å²) in [7, 11) is 0.201. The predicted molar refractivity (Wildman–Crippen MR) is 110 cm³/mol. The second-order valence-electron chi connectivity index (χ2n) is 7.75. The number of aliphatic carboxylic acids is 2. The Balaban J connectivity index is 0.000000383. The SMILES string of the molecule is COCC1CCS(=O)(=O)C12CN(Cc1cccnc1OC)C2.O=C(O)C(F)(F)F.O=C(O)C(F)(F)F. The zero-order valence-electron chi connectivity index (χ0n) is 19.0. The van der Waals surface area contributed by atoms with Gasteiger partial charge in [0.15, 0.2) is 9.84 Å². The van der Waals surface area contributed by atoms with Crippen molar-refractivity contribution in [1.29, 1.82) is 0 Å². The van der Waals surface area contributed by atoms with E-state index in [1.165, 1.54) is 0 Å². The van der Waals surface area contributed by atoms with Gasteiger partial charge >= 0.3 is 24.3 Å². The Morgan fingerprint density at radius 1 is 1.11 bits per heavy atom. The molecule has 10 nitrogen and oxygen atoms in total. The summed E-state index contributed by atoms with van der Waals surface area (Å²) in [5.41, 5.74) is 0.985. The Morgan fingerprint density at radius 2 is 1.61 bits per heavy atom. The molecule has 3 rings (SSSR count). The van der Waals surface area contributed by atoms with Gasteiger partial charge in [-0.25, -0.2) is 23.0 Å². The van der Waals surface area contributed by atoms with Crippen LogP contribution in [0.15, 0.2) is 18.3 Å². The van der Waals surface area contributed by atoms with Crippen molar-refractivity contribution in [3.8, 4) is 5.88 Å². The number of methoxy groups -OCH3 is 2. The van der Waals surface area contributed by atoms with Gasteiger partial charge < -0.3 is 19.7 Å². The molecule has 2 aliphatic heterocycles. The van der Waals surface area contributed by atoms with E-state index in [-0.39, 0.29) is 11.7 Å². The molecule has 36 heavy (non-hydrogen) atoms. The van der Waals surface area contributed by atoms with Gasteiger partial charge in [0.25, 0.3) is 0 Å². The number of halogens is 6. The lowest BCUT2D eigenvalue weighted by atomic mass is 9.83. The number of likely N-dealkylation sites (tertiary alicyclic amines) is 1. The molecule has 2 saturated heterocycles. The quantitative estimate of drug-likeness (QED) is 0.519. The van der Waals surface area contributed by atoms with E-state index in [1.54, 1.807) is 20.4 Å². The van der Waals surface area contributed by atoms with Crippen LogP contribution in [0.3, 0.4) is 0 Å². The first-order valence-electron chi connectivity index (χ1n) is 9.93. The third kappa shape index (κ3) is 7.92. The first-order valence-corrected chi connectivity index (χ1v) is 11.6. The summed E-state index contributed by atoms with van der Waals surface area (Å²) < 4.78 is 98.2. The Morgan fingerprint density at radius 3 is 2.03 bits per heavy atom. The second-order valence-corrected chi connectivity index (χ2v) is 10.2. The zero-order chi connectivity index (χ0) is 27.9. The number of alkyl halides is 6. The van der Waals surface area contributed by atoms with Crippen LogP contribution < -0.4 is 4.74 Å². The largest absolute Gasteiger partial charge is 0.490 e. The van der Waals surface area contributed by atoms with Crippen LogP contribution in [0.5, 0.6) is 5.88 Å². The lowest BCUT2D eigenvalue weighted by molar-refractivity contribution is -0.193. The van der Waals surface area contributed by atoms with Crippen LogP contribution in [0.4, 0.5) is 26.3 Å². The number of hydrogen-bond acceptors (Lipinski definition) is 8. The Bertz CT molecular complexity index is 986. The van der Waals surface area contributed by atoms with Gasteiger partial charge in [-0.05, 0) is 12.5 Å². The number of ether oxygens (including phenoxy) is 2. The molecule has 0 saturated carbocycles. The minimum atomic E-state index is -5.08. The van der Waals surface area contributed by atoms with Crippen LogP contribution in [-0.4, -0.2) is 97.2 Å². The van der Waals surface area contributed by atoms with Crippen LogP contribution in [-0.2, 0) is 30.7 Å². The molecule has 0 aromatic carbocycles. The highest BCUT2D eigenvalue weighted by Crippen LogP contribution is 2.45. The lowest BCUT2D eigenvalue weighted by Crippen LogP contribution is -2.67. The number of pyridine rings is 1. The third-order valence-electron chi connectivity index (χ3n) is 5.37. The van der Waals surface area contributed by atoms with Gasteiger partial charge in [-0.15, -0.1) is 0 Å². The van der Waals surface area contributed by atoms with Gasteiger partial charge in [0, 0.05) is 44.4 Å². The number of carbonyl (C=O) groups is 2. The van der Waals surface area contributed by atoms with E-state index in [0.29, 0.717) is 38.5 Å². The molecule has 2 N–H and O–H groups in total. The summed E-state index contributed by atoms with van der Waals surface area (Å²) in [5.74, 6) is -4.52. The summed E-state index contributed by atoms with van der Waals surface area (Å²) in [6.07, 6.45) is -7.77. The van der Waals surface area contributed by atoms with E-state index >= 15 is 0 Å². The molecule has 1 spiro atoms. The number of carboxylic acids is 2. The van der Waals surface area contributed by atoms with Crippen LogP contribution in [0.1, 0.15) is 12.0 Å². The van der Waals surface area contributed by atoms with Gasteiger partial charge in [0.1, 0.15) is 4.75 Å². The Kier molecular flexibility index (Phi) is 10.5. The monoisotopic (exact) mass is 554 g/mol. The Labute approximate surface area is 201 Å². The van der Waals surface area contributed by atoms with E-state index in [2.05, 4.69) is 9.88 Å². The summed E-state index contributed by atoms with van der Waals surface area (Å²) in [5, 5.41) is 14.2. The summed E-state index contributed by atoms with van der Waals surface area (Å²) in [6.45, 7) is 2.32. The van der Waals surface area contributed by atoms with E-state index in [1.807, 2.05) is 12.1 Å². The minimum absolute atomic E-state index is 0.106. The summed E-state index contributed by atoms with van der Waals surface area (Å²) >= 11 is 0. The highest BCUT2D eigenvalue weighted by molar-refractivity contribution is 7.93.